The number of halogens is 2. The molecule has 2 aromatic carbocycles. The molecule has 0 saturated heterocycles. The lowest BCUT2D eigenvalue weighted by Gasteiger charge is -2.15. The molecule has 0 unspecified atom stereocenters. The molecule has 0 fully saturated rings. The highest BCUT2D eigenvalue weighted by Crippen LogP contribution is 2.34. The number of carboxylic acids is 1. The van der Waals surface area contributed by atoms with Gasteiger partial charge in [0.2, 0.25) is 0 Å². The van der Waals surface area contributed by atoms with E-state index in [1.165, 1.54) is 25.3 Å². The summed E-state index contributed by atoms with van der Waals surface area (Å²) in [6.07, 6.45) is -0.0158. The average Bonchev–Trinajstić information content (AvgIpc) is 3.45. The number of anilines is 1. The minimum absolute atomic E-state index is 0.0205. The maximum Gasteiger partial charge on any atom is 0.344 e. The molecule has 0 aliphatic heterocycles. The van der Waals surface area contributed by atoms with Gasteiger partial charge in [0.25, 0.3) is 17.7 Å². The Hall–Kier alpha value is -4.77. The zero-order valence-electron chi connectivity index (χ0n) is 20.1. The first-order valence-electron chi connectivity index (χ1n) is 11.5. The molecule has 0 aliphatic rings. The predicted molar refractivity (Wildman–Crippen MR) is 133 cm³/mol. The van der Waals surface area contributed by atoms with Gasteiger partial charge in [0.15, 0.2) is 23.5 Å². The van der Waals surface area contributed by atoms with Gasteiger partial charge in [-0.3, -0.25) is 4.79 Å². The van der Waals surface area contributed by atoms with Gasteiger partial charge in [-0.2, -0.15) is 4.98 Å². The van der Waals surface area contributed by atoms with E-state index in [0.717, 1.165) is 11.1 Å². The molecule has 2 aromatic heterocycles. The van der Waals surface area contributed by atoms with Crippen LogP contribution in [0.25, 0.3) is 11.1 Å². The van der Waals surface area contributed by atoms with E-state index < -0.39 is 41.4 Å². The van der Waals surface area contributed by atoms with Crippen LogP contribution in [0.3, 0.4) is 0 Å². The first-order chi connectivity index (χ1) is 18.3. The third kappa shape index (κ3) is 6.13. The Balaban J connectivity index is 1.72. The van der Waals surface area contributed by atoms with Crippen molar-refractivity contribution in [3.63, 3.8) is 0 Å². The summed E-state index contributed by atoms with van der Waals surface area (Å²) in [7, 11) is 0. The Kier molecular flexibility index (Phi) is 7.97. The number of nitrogens with one attached hydrogen (secondary N) is 1. The standard InChI is InChI=1S/C27H23F2N3O6/c1-2-22(27(34)35)38-26-21(29)13-20(28)25(32-26)37-19-11-17(16-6-3-5-15(9-16)14-30)10-18(12-19)31-24(33)23-7-4-8-36-23/h3-13,22H,2,14,30H2,1H3,(H,31,33)(H,34,35)/t22-/m1/s1. The minimum Gasteiger partial charge on any atom is -0.479 e. The van der Waals surface area contributed by atoms with Gasteiger partial charge in [-0.25, -0.2) is 13.6 Å². The van der Waals surface area contributed by atoms with Crippen LogP contribution in [0.2, 0.25) is 0 Å². The molecule has 0 spiro atoms. The number of carbonyl (C=O) groups is 2. The van der Waals surface area contributed by atoms with Crippen molar-refractivity contribution in [3.8, 4) is 28.6 Å². The second-order valence-electron chi connectivity index (χ2n) is 8.10. The highest BCUT2D eigenvalue weighted by Gasteiger charge is 2.23. The number of carboxylic acid groups (broad SMARTS) is 1. The number of hydrogen-bond donors (Lipinski definition) is 3. The number of pyridine rings is 1. The zero-order chi connectivity index (χ0) is 27.2. The highest BCUT2D eigenvalue weighted by atomic mass is 19.1. The van der Waals surface area contributed by atoms with E-state index in [2.05, 4.69) is 10.3 Å². The molecule has 196 valence electrons. The summed E-state index contributed by atoms with van der Waals surface area (Å²) in [5.74, 6) is -5.46. The number of nitrogens with zero attached hydrogens (tertiary/aromatic N) is 1. The van der Waals surface area contributed by atoms with Crippen molar-refractivity contribution in [2.24, 2.45) is 5.73 Å². The molecule has 0 bridgehead atoms. The van der Waals surface area contributed by atoms with E-state index in [0.29, 0.717) is 18.2 Å². The van der Waals surface area contributed by atoms with Gasteiger partial charge in [0, 0.05) is 24.4 Å². The molecule has 38 heavy (non-hydrogen) atoms. The normalized spacial score (nSPS) is 11.6. The van der Waals surface area contributed by atoms with Crippen LogP contribution in [-0.2, 0) is 11.3 Å². The van der Waals surface area contributed by atoms with Gasteiger partial charge in [0.1, 0.15) is 5.75 Å². The third-order valence-electron chi connectivity index (χ3n) is 5.39. The van der Waals surface area contributed by atoms with Gasteiger partial charge in [-0.05, 0) is 53.4 Å². The van der Waals surface area contributed by atoms with Gasteiger partial charge in [0.05, 0.1) is 6.26 Å². The molecule has 0 aliphatic carbocycles. The topological polar surface area (TPSA) is 137 Å². The molecule has 0 radical (unpaired) electrons. The van der Waals surface area contributed by atoms with Crippen LogP contribution in [0.1, 0.15) is 29.5 Å². The molecule has 0 saturated carbocycles. The molecule has 9 nitrogen and oxygen atoms in total. The number of nitrogens with two attached hydrogens (primary N) is 1. The molecule has 1 atom stereocenters. The van der Waals surface area contributed by atoms with Crippen molar-refractivity contribution >= 4 is 17.6 Å². The fourth-order valence-corrected chi connectivity index (χ4v) is 3.52. The van der Waals surface area contributed by atoms with Crippen LogP contribution >= 0.6 is 0 Å². The summed E-state index contributed by atoms with van der Waals surface area (Å²) >= 11 is 0. The Morgan fingerprint density at radius 3 is 2.53 bits per heavy atom. The highest BCUT2D eigenvalue weighted by molar-refractivity contribution is 6.02. The van der Waals surface area contributed by atoms with E-state index in [1.807, 2.05) is 24.3 Å². The van der Waals surface area contributed by atoms with Crippen molar-refractivity contribution in [3.05, 3.63) is 89.9 Å². The third-order valence-corrected chi connectivity index (χ3v) is 5.39. The average molecular weight is 523 g/mol. The molecular weight excluding hydrogens is 500 g/mol. The quantitative estimate of drug-likeness (QED) is 0.253. The summed E-state index contributed by atoms with van der Waals surface area (Å²) in [6.45, 7) is 1.83. The van der Waals surface area contributed by atoms with Crippen molar-refractivity contribution < 1.29 is 37.4 Å². The van der Waals surface area contributed by atoms with E-state index in [9.17, 15) is 23.5 Å². The summed E-state index contributed by atoms with van der Waals surface area (Å²) in [5, 5.41) is 11.9. The first kappa shape index (κ1) is 26.3. The summed E-state index contributed by atoms with van der Waals surface area (Å²) < 4.78 is 44.8. The lowest BCUT2D eigenvalue weighted by molar-refractivity contribution is -0.145. The molecule has 4 N–H and O–H groups in total. The number of furan rings is 1. The van der Waals surface area contributed by atoms with Crippen LogP contribution < -0.4 is 20.5 Å². The fraction of sp³-hybridized carbons (Fsp3) is 0.148. The van der Waals surface area contributed by atoms with Crippen molar-refractivity contribution in [1.29, 1.82) is 0 Å². The molecular formula is C27H23F2N3O6. The largest absolute Gasteiger partial charge is 0.479 e. The monoisotopic (exact) mass is 523 g/mol. The van der Waals surface area contributed by atoms with Crippen LogP contribution in [-0.4, -0.2) is 28.1 Å². The van der Waals surface area contributed by atoms with Gasteiger partial charge in [-0.1, -0.05) is 25.1 Å². The number of aliphatic carboxylic acids is 1. The van der Waals surface area contributed by atoms with E-state index >= 15 is 0 Å². The van der Waals surface area contributed by atoms with Crippen molar-refractivity contribution in [2.45, 2.75) is 26.0 Å². The maximum absolute atomic E-state index is 14.6. The Labute approximate surface area is 215 Å². The zero-order valence-corrected chi connectivity index (χ0v) is 20.1. The first-order valence-corrected chi connectivity index (χ1v) is 11.5. The molecule has 4 rings (SSSR count). The van der Waals surface area contributed by atoms with Crippen LogP contribution in [0.4, 0.5) is 14.5 Å². The lowest BCUT2D eigenvalue weighted by Crippen LogP contribution is -2.26. The Morgan fingerprint density at radius 1 is 1.05 bits per heavy atom. The maximum atomic E-state index is 14.6. The summed E-state index contributed by atoms with van der Waals surface area (Å²) in [4.78, 5) is 27.6. The van der Waals surface area contributed by atoms with Crippen LogP contribution in [0.5, 0.6) is 17.5 Å². The van der Waals surface area contributed by atoms with Crippen molar-refractivity contribution in [2.75, 3.05) is 5.32 Å². The van der Waals surface area contributed by atoms with E-state index in [1.54, 1.807) is 18.2 Å². The Morgan fingerprint density at radius 2 is 1.84 bits per heavy atom. The number of aromatic nitrogens is 1. The minimum atomic E-state index is -1.39. The smallest absolute Gasteiger partial charge is 0.344 e. The predicted octanol–water partition coefficient (Wildman–Crippen LogP) is 5.37. The van der Waals surface area contributed by atoms with Crippen LogP contribution in [0.15, 0.2) is 71.3 Å². The number of amides is 1. The Bertz CT molecular complexity index is 1460. The molecule has 11 heteroatoms. The number of hydrogen-bond acceptors (Lipinski definition) is 7. The van der Waals surface area contributed by atoms with E-state index in [4.69, 9.17) is 19.6 Å². The van der Waals surface area contributed by atoms with Gasteiger partial charge >= 0.3 is 5.97 Å². The summed E-state index contributed by atoms with van der Waals surface area (Å²) in [5.41, 5.74) is 8.22. The lowest BCUT2D eigenvalue weighted by atomic mass is 10.0. The summed E-state index contributed by atoms with van der Waals surface area (Å²) in [6, 6.07) is 15.5. The van der Waals surface area contributed by atoms with Gasteiger partial charge in [-0.15, -0.1) is 0 Å². The second kappa shape index (κ2) is 11.5. The van der Waals surface area contributed by atoms with Crippen molar-refractivity contribution in [1.82, 2.24) is 4.98 Å². The number of carbonyl (C=O) groups excluding carboxylic acids is 1. The number of ether oxygens (including phenoxy) is 2. The SMILES string of the molecule is CC[C@@H](Oc1nc(Oc2cc(NC(=O)c3ccco3)cc(-c3cccc(CN)c3)c2)c(F)cc1F)C(=O)O. The van der Waals surface area contributed by atoms with Crippen LogP contribution in [0, 0.1) is 11.6 Å². The molecule has 1 amide bonds. The molecule has 4 aromatic rings. The fourth-order valence-electron chi connectivity index (χ4n) is 3.52. The van der Waals surface area contributed by atoms with Gasteiger partial charge < -0.3 is 30.0 Å². The van der Waals surface area contributed by atoms with E-state index in [-0.39, 0.29) is 23.6 Å². The second-order valence-corrected chi connectivity index (χ2v) is 8.10. The number of benzene rings is 2. The number of rotatable bonds is 10. The molecule has 2 heterocycles.